The van der Waals surface area contributed by atoms with Crippen LogP contribution in [-0.2, 0) is 33.5 Å². The summed E-state index contributed by atoms with van der Waals surface area (Å²) in [5, 5.41) is 10.7. The lowest BCUT2D eigenvalue weighted by Crippen LogP contribution is -2.67. The average Bonchev–Trinajstić information content (AvgIpc) is 2.68. The number of hydrogen-bond acceptors (Lipinski definition) is 8. The monoisotopic (exact) mass is 515 g/mol. The van der Waals surface area contributed by atoms with E-state index in [1.165, 1.54) is 26.0 Å². The van der Waals surface area contributed by atoms with Gasteiger partial charge in [-0.3, -0.25) is 9.59 Å². The Balaban J connectivity index is 2.62. The van der Waals surface area contributed by atoms with E-state index in [0.29, 0.717) is 0 Å². The molecule has 0 bridgehead atoms. The van der Waals surface area contributed by atoms with E-state index in [2.05, 4.69) is 0 Å². The summed E-state index contributed by atoms with van der Waals surface area (Å²) in [5.74, 6) is -1.22. The number of carbonyl (C=O) groups is 2. The molecular formula is C23H37NO8SSi. The van der Waals surface area contributed by atoms with Gasteiger partial charge in [0.2, 0.25) is 10.0 Å². The van der Waals surface area contributed by atoms with Crippen LogP contribution in [0.1, 0.15) is 40.2 Å². The van der Waals surface area contributed by atoms with Gasteiger partial charge in [-0.1, -0.05) is 38.5 Å². The maximum atomic E-state index is 13.7. The van der Waals surface area contributed by atoms with Crippen LogP contribution in [0.4, 0.5) is 0 Å². The third-order valence-electron chi connectivity index (χ3n) is 6.44. The van der Waals surface area contributed by atoms with Gasteiger partial charge < -0.3 is 19.0 Å². The predicted octanol–water partition coefficient (Wildman–Crippen LogP) is 2.61. The third kappa shape index (κ3) is 6.45. The third-order valence-corrected chi connectivity index (χ3v) is 12.8. The smallest absolute Gasteiger partial charge is 0.303 e. The summed E-state index contributed by atoms with van der Waals surface area (Å²) in [7, 11) is -6.66. The number of esters is 2. The van der Waals surface area contributed by atoms with Crippen LogP contribution in [0.5, 0.6) is 0 Å². The highest BCUT2D eigenvalue weighted by Crippen LogP contribution is 2.40. The minimum atomic E-state index is -4.11. The molecule has 192 valence electrons. The molecule has 9 nitrogen and oxygen atoms in total. The minimum absolute atomic E-state index is 0.0372. The van der Waals surface area contributed by atoms with Crippen molar-refractivity contribution in [3.63, 3.8) is 0 Å². The van der Waals surface area contributed by atoms with Gasteiger partial charge in [0.15, 0.2) is 14.4 Å². The van der Waals surface area contributed by atoms with Crippen molar-refractivity contribution in [2.45, 2.75) is 88.9 Å². The number of aliphatic hydroxyl groups is 1. The van der Waals surface area contributed by atoms with E-state index in [-0.39, 0.29) is 23.1 Å². The number of rotatable bonds is 7. The molecule has 0 spiro atoms. The van der Waals surface area contributed by atoms with Crippen molar-refractivity contribution in [1.82, 2.24) is 4.31 Å². The zero-order valence-electron chi connectivity index (χ0n) is 21.2. The Hall–Kier alpha value is -1.79. The normalized spacial score (nSPS) is 24.5. The number of carbonyl (C=O) groups excluding carboxylic acids is 2. The molecule has 11 heteroatoms. The lowest BCUT2D eigenvalue weighted by molar-refractivity contribution is -0.177. The van der Waals surface area contributed by atoms with E-state index in [4.69, 9.17) is 13.9 Å². The van der Waals surface area contributed by atoms with Crippen molar-refractivity contribution in [1.29, 1.82) is 0 Å². The fourth-order valence-electron chi connectivity index (χ4n) is 3.53. The van der Waals surface area contributed by atoms with Gasteiger partial charge in [0.1, 0.15) is 18.8 Å². The molecule has 0 saturated carbocycles. The Morgan fingerprint density at radius 1 is 1.09 bits per heavy atom. The number of aliphatic hydroxyl groups excluding tert-OH is 1. The molecular weight excluding hydrogens is 478 g/mol. The first kappa shape index (κ1) is 28.4. The molecule has 0 unspecified atom stereocenters. The Morgan fingerprint density at radius 3 is 2.12 bits per heavy atom. The zero-order valence-corrected chi connectivity index (χ0v) is 23.0. The predicted molar refractivity (Wildman–Crippen MR) is 129 cm³/mol. The first-order valence-corrected chi connectivity index (χ1v) is 15.6. The second-order valence-corrected chi connectivity index (χ2v) is 16.9. The van der Waals surface area contributed by atoms with Gasteiger partial charge in [-0.2, -0.15) is 4.31 Å². The van der Waals surface area contributed by atoms with Gasteiger partial charge in [-0.05, 0) is 37.2 Å². The Morgan fingerprint density at radius 2 is 1.65 bits per heavy atom. The SMILES string of the molecule is CC(=O)OC[C@@H]1[C@@H](O[Si](C)(C)C(C)(C)C)[C@H](OC(C)=O)[C@H](O)CN1S(=O)(=O)c1ccc(C)cc1. The average molecular weight is 516 g/mol. The highest BCUT2D eigenvalue weighted by Gasteiger charge is 2.53. The molecule has 1 aliphatic heterocycles. The second-order valence-electron chi connectivity index (χ2n) is 10.2. The number of benzene rings is 1. The highest BCUT2D eigenvalue weighted by atomic mass is 32.2. The van der Waals surface area contributed by atoms with Crippen LogP contribution in [0.25, 0.3) is 0 Å². The first-order valence-electron chi connectivity index (χ1n) is 11.2. The fourth-order valence-corrected chi connectivity index (χ4v) is 6.49. The Labute approximate surface area is 203 Å². The maximum Gasteiger partial charge on any atom is 0.303 e. The molecule has 1 aromatic carbocycles. The van der Waals surface area contributed by atoms with Gasteiger partial charge in [0.25, 0.3) is 0 Å². The van der Waals surface area contributed by atoms with Crippen LogP contribution in [-0.4, -0.2) is 75.6 Å². The van der Waals surface area contributed by atoms with Crippen molar-refractivity contribution >= 4 is 30.3 Å². The molecule has 0 aliphatic carbocycles. The highest BCUT2D eigenvalue weighted by molar-refractivity contribution is 7.89. The summed E-state index contributed by atoms with van der Waals surface area (Å²) >= 11 is 0. The van der Waals surface area contributed by atoms with Gasteiger partial charge in [-0.15, -0.1) is 0 Å². The van der Waals surface area contributed by atoms with Gasteiger partial charge >= 0.3 is 11.9 Å². The molecule has 1 N–H and O–H groups in total. The van der Waals surface area contributed by atoms with Crippen LogP contribution in [0.2, 0.25) is 18.1 Å². The lowest BCUT2D eigenvalue weighted by atomic mass is 9.96. The number of piperidine rings is 1. The van der Waals surface area contributed by atoms with Crippen molar-refractivity contribution < 1.29 is 37.0 Å². The number of β-amino-alcohol motifs (C(OH)–C–C–N with tert-alkyl or cyclic N) is 1. The Kier molecular flexibility index (Phi) is 8.74. The van der Waals surface area contributed by atoms with Gasteiger partial charge in [0.05, 0.1) is 10.9 Å². The van der Waals surface area contributed by atoms with Crippen LogP contribution >= 0.6 is 0 Å². The van der Waals surface area contributed by atoms with Crippen LogP contribution in [0, 0.1) is 6.92 Å². The lowest BCUT2D eigenvalue weighted by Gasteiger charge is -2.49. The van der Waals surface area contributed by atoms with Crippen LogP contribution in [0.15, 0.2) is 29.2 Å². The fraction of sp³-hybridized carbons (Fsp3) is 0.652. The summed E-state index contributed by atoms with van der Waals surface area (Å²) in [6.45, 7) is 13.6. The summed E-state index contributed by atoms with van der Waals surface area (Å²) in [6.07, 6.45) is -3.52. The second kappa shape index (κ2) is 10.4. The van der Waals surface area contributed by atoms with E-state index in [1.807, 2.05) is 40.8 Å². The van der Waals surface area contributed by atoms with Gasteiger partial charge in [-0.25, -0.2) is 8.42 Å². The molecule has 4 atom stereocenters. The summed E-state index contributed by atoms with van der Waals surface area (Å²) in [6, 6.07) is 5.32. The van der Waals surface area contributed by atoms with E-state index >= 15 is 0 Å². The molecule has 1 heterocycles. The number of sulfonamides is 1. The van der Waals surface area contributed by atoms with E-state index in [9.17, 15) is 23.1 Å². The molecule has 0 radical (unpaired) electrons. The molecule has 34 heavy (non-hydrogen) atoms. The van der Waals surface area contributed by atoms with Crippen molar-refractivity contribution in [2.24, 2.45) is 0 Å². The number of hydrogen-bond donors (Lipinski definition) is 1. The van der Waals surface area contributed by atoms with Crippen LogP contribution in [0.3, 0.4) is 0 Å². The van der Waals surface area contributed by atoms with E-state index in [1.54, 1.807) is 12.1 Å². The molecule has 0 aromatic heterocycles. The van der Waals surface area contributed by atoms with Gasteiger partial charge in [0, 0.05) is 20.4 Å². The minimum Gasteiger partial charge on any atom is -0.464 e. The molecule has 1 aromatic rings. The topological polar surface area (TPSA) is 119 Å². The number of aryl methyl sites for hydroxylation is 1. The van der Waals surface area contributed by atoms with Crippen molar-refractivity contribution in [3.8, 4) is 0 Å². The summed E-state index contributed by atoms with van der Waals surface area (Å²) in [5.41, 5.74) is 0.892. The van der Waals surface area contributed by atoms with Crippen molar-refractivity contribution in [2.75, 3.05) is 13.2 Å². The van der Waals surface area contributed by atoms with Crippen molar-refractivity contribution in [3.05, 3.63) is 29.8 Å². The molecule has 2 rings (SSSR count). The zero-order chi connectivity index (χ0) is 26.1. The maximum absolute atomic E-state index is 13.7. The standard InChI is InChI=1S/C23H37NO8SSi/c1-15-9-11-18(12-10-15)33(28,29)24-13-20(27)22(31-17(3)26)21(19(24)14-30-16(2)25)32-34(7,8)23(4,5)6/h9-12,19-22,27H,13-14H2,1-8H3/t19-,20-,21-,22-/m1/s1. The van der Waals surface area contributed by atoms with Crippen LogP contribution < -0.4 is 0 Å². The Bertz CT molecular complexity index is 987. The molecule has 1 aliphatic rings. The summed E-state index contributed by atoms with van der Waals surface area (Å²) in [4.78, 5) is 23.6. The first-order chi connectivity index (χ1) is 15.5. The van der Waals surface area contributed by atoms with E-state index < -0.39 is 54.6 Å². The summed E-state index contributed by atoms with van der Waals surface area (Å²) < 4.78 is 45.7. The largest absolute Gasteiger partial charge is 0.464 e. The van der Waals surface area contributed by atoms with E-state index in [0.717, 1.165) is 9.87 Å². The molecule has 0 amide bonds. The number of ether oxygens (including phenoxy) is 2. The quantitative estimate of drug-likeness (QED) is 0.435. The molecule has 1 fully saturated rings. The molecule has 1 saturated heterocycles. The number of nitrogens with zero attached hydrogens (tertiary/aromatic N) is 1.